The molecule has 30 heavy (non-hydrogen) atoms. The molecule has 0 radical (unpaired) electrons. The van der Waals surface area contributed by atoms with E-state index in [1.54, 1.807) is 0 Å². The Morgan fingerprint density at radius 3 is 2.47 bits per heavy atom. The van der Waals surface area contributed by atoms with Crippen molar-refractivity contribution in [3.8, 4) is 0 Å². The quantitative estimate of drug-likeness (QED) is 0.652. The van der Waals surface area contributed by atoms with Crippen molar-refractivity contribution in [1.29, 1.82) is 0 Å². The topological polar surface area (TPSA) is 49.6 Å². The standard InChI is InChI=1S/C25H27N3O2/c1-18-12-22(30-26-18)16-27-14-21-15-28(24(29)13-19-8-4-2-5-9-19)25(23(21)17-27)20-10-6-3-7-11-20/h2-12,21,23,25H,13-17H2,1H3/t21-,23-,25+/m0/s1. The summed E-state index contributed by atoms with van der Waals surface area (Å²) in [5, 5.41) is 4.01. The number of rotatable bonds is 5. The lowest BCUT2D eigenvalue weighted by Gasteiger charge is -2.30. The summed E-state index contributed by atoms with van der Waals surface area (Å²) >= 11 is 0. The first-order valence-corrected chi connectivity index (χ1v) is 10.7. The Labute approximate surface area is 177 Å². The smallest absolute Gasteiger partial charge is 0.227 e. The molecule has 154 valence electrons. The van der Waals surface area contributed by atoms with Crippen LogP contribution in [0, 0.1) is 18.8 Å². The number of hydrogen-bond acceptors (Lipinski definition) is 4. The molecule has 3 heterocycles. The number of carbonyl (C=O) groups excluding carboxylic acids is 1. The van der Waals surface area contributed by atoms with Crippen LogP contribution in [0.15, 0.2) is 71.3 Å². The summed E-state index contributed by atoms with van der Waals surface area (Å²) in [6.45, 7) is 5.52. The van der Waals surface area contributed by atoms with Crippen LogP contribution in [0.3, 0.4) is 0 Å². The Kier molecular flexibility index (Phi) is 5.13. The zero-order chi connectivity index (χ0) is 20.5. The van der Waals surface area contributed by atoms with Gasteiger partial charge in [0.2, 0.25) is 5.91 Å². The number of likely N-dealkylation sites (tertiary alicyclic amines) is 2. The van der Waals surface area contributed by atoms with E-state index in [4.69, 9.17) is 4.52 Å². The molecule has 5 heteroatoms. The summed E-state index contributed by atoms with van der Waals surface area (Å²) in [4.78, 5) is 17.9. The van der Waals surface area contributed by atoms with Crippen molar-refractivity contribution >= 4 is 5.91 Å². The van der Waals surface area contributed by atoms with Gasteiger partial charge in [0.15, 0.2) is 5.76 Å². The molecule has 5 nitrogen and oxygen atoms in total. The highest BCUT2D eigenvalue weighted by atomic mass is 16.5. The molecule has 0 saturated carbocycles. The molecule has 0 unspecified atom stereocenters. The maximum absolute atomic E-state index is 13.3. The van der Waals surface area contributed by atoms with E-state index in [9.17, 15) is 4.79 Å². The summed E-state index contributed by atoms with van der Waals surface area (Å²) < 4.78 is 5.43. The Bertz CT molecular complexity index is 1000. The maximum Gasteiger partial charge on any atom is 0.227 e. The fraction of sp³-hybridized carbons (Fsp3) is 0.360. The van der Waals surface area contributed by atoms with Crippen molar-refractivity contribution in [3.05, 3.63) is 89.3 Å². The maximum atomic E-state index is 13.3. The van der Waals surface area contributed by atoms with Crippen molar-refractivity contribution in [1.82, 2.24) is 15.0 Å². The molecule has 2 aromatic carbocycles. The number of aromatic nitrogens is 1. The van der Waals surface area contributed by atoms with E-state index in [1.807, 2.05) is 49.4 Å². The SMILES string of the molecule is Cc1cc(CN2C[C@H]3CN(C(=O)Cc4ccccc4)[C@H](c4ccccc4)[C@H]3C2)on1. The Morgan fingerprint density at radius 2 is 1.77 bits per heavy atom. The van der Waals surface area contributed by atoms with Crippen LogP contribution in [-0.4, -0.2) is 40.5 Å². The Hall–Kier alpha value is -2.92. The molecule has 2 fully saturated rings. The van der Waals surface area contributed by atoms with Crippen LogP contribution in [-0.2, 0) is 17.8 Å². The van der Waals surface area contributed by atoms with Gasteiger partial charge < -0.3 is 9.42 Å². The van der Waals surface area contributed by atoms with Gasteiger partial charge in [-0.25, -0.2) is 0 Å². The van der Waals surface area contributed by atoms with Crippen molar-refractivity contribution in [2.75, 3.05) is 19.6 Å². The van der Waals surface area contributed by atoms with Crippen LogP contribution < -0.4 is 0 Å². The van der Waals surface area contributed by atoms with Crippen LogP contribution in [0.5, 0.6) is 0 Å². The van der Waals surface area contributed by atoms with E-state index >= 15 is 0 Å². The third-order valence-corrected chi connectivity index (χ3v) is 6.46. The van der Waals surface area contributed by atoms with Crippen LogP contribution in [0.25, 0.3) is 0 Å². The van der Waals surface area contributed by atoms with E-state index in [0.29, 0.717) is 18.3 Å². The Morgan fingerprint density at radius 1 is 1.03 bits per heavy atom. The lowest BCUT2D eigenvalue weighted by molar-refractivity contribution is -0.132. The molecule has 0 N–H and O–H groups in total. The van der Waals surface area contributed by atoms with E-state index in [0.717, 1.165) is 43.2 Å². The van der Waals surface area contributed by atoms with Gasteiger partial charge in [-0.1, -0.05) is 65.8 Å². The predicted octanol–water partition coefficient (Wildman–Crippen LogP) is 3.86. The normalized spacial score (nSPS) is 23.6. The second-order valence-corrected chi connectivity index (χ2v) is 8.62. The van der Waals surface area contributed by atoms with Gasteiger partial charge in [-0.2, -0.15) is 0 Å². The molecule has 0 spiro atoms. The summed E-state index contributed by atoms with van der Waals surface area (Å²) in [7, 11) is 0. The lowest BCUT2D eigenvalue weighted by Crippen LogP contribution is -2.36. The highest BCUT2D eigenvalue weighted by Crippen LogP contribution is 2.45. The summed E-state index contributed by atoms with van der Waals surface area (Å²) in [5.74, 6) is 2.07. The zero-order valence-electron chi connectivity index (χ0n) is 17.3. The molecule has 1 amide bonds. The van der Waals surface area contributed by atoms with Crippen LogP contribution in [0.4, 0.5) is 0 Å². The number of benzene rings is 2. The number of hydrogen-bond donors (Lipinski definition) is 0. The zero-order valence-corrected chi connectivity index (χ0v) is 17.3. The second kappa shape index (κ2) is 8.07. The van der Waals surface area contributed by atoms with Crippen molar-refractivity contribution < 1.29 is 9.32 Å². The molecule has 3 aromatic rings. The summed E-state index contributed by atoms with van der Waals surface area (Å²) in [6, 6.07) is 22.7. The fourth-order valence-electron chi connectivity index (χ4n) is 5.18. The average molecular weight is 402 g/mol. The highest BCUT2D eigenvalue weighted by Gasteiger charge is 2.48. The van der Waals surface area contributed by atoms with E-state index < -0.39 is 0 Å². The van der Waals surface area contributed by atoms with E-state index in [1.165, 1.54) is 5.56 Å². The molecular formula is C25H27N3O2. The van der Waals surface area contributed by atoms with Gasteiger partial charge in [-0.15, -0.1) is 0 Å². The number of nitrogens with zero attached hydrogens (tertiary/aromatic N) is 3. The molecule has 5 rings (SSSR count). The van der Waals surface area contributed by atoms with Crippen molar-refractivity contribution in [3.63, 3.8) is 0 Å². The third kappa shape index (κ3) is 3.77. The molecular weight excluding hydrogens is 374 g/mol. The van der Waals surface area contributed by atoms with Gasteiger partial charge in [0.05, 0.1) is 24.7 Å². The van der Waals surface area contributed by atoms with Crippen molar-refractivity contribution in [2.24, 2.45) is 11.8 Å². The first-order valence-electron chi connectivity index (χ1n) is 10.7. The van der Waals surface area contributed by atoms with Crippen LogP contribution in [0.2, 0.25) is 0 Å². The van der Waals surface area contributed by atoms with Gasteiger partial charge in [-0.05, 0) is 24.0 Å². The van der Waals surface area contributed by atoms with Gasteiger partial charge >= 0.3 is 0 Å². The second-order valence-electron chi connectivity index (χ2n) is 8.62. The Balaban J connectivity index is 1.36. The molecule has 0 aliphatic carbocycles. The lowest BCUT2D eigenvalue weighted by atomic mass is 9.89. The predicted molar refractivity (Wildman–Crippen MR) is 115 cm³/mol. The summed E-state index contributed by atoms with van der Waals surface area (Å²) in [5.41, 5.74) is 3.24. The van der Waals surface area contributed by atoms with Gasteiger partial charge in [0.1, 0.15) is 0 Å². The van der Waals surface area contributed by atoms with E-state index in [-0.39, 0.29) is 11.9 Å². The molecule has 2 saturated heterocycles. The number of carbonyl (C=O) groups is 1. The fourth-order valence-corrected chi connectivity index (χ4v) is 5.18. The van der Waals surface area contributed by atoms with Gasteiger partial charge in [-0.3, -0.25) is 9.69 Å². The minimum atomic E-state index is 0.133. The highest BCUT2D eigenvalue weighted by molar-refractivity contribution is 5.79. The number of amides is 1. The third-order valence-electron chi connectivity index (χ3n) is 6.46. The van der Waals surface area contributed by atoms with E-state index in [2.05, 4.69) is 39.2 Å². The molecule has 1 aromatic heterocycles. The van der Waals surface area contributed by atoms with Gasteiger partial charge in [0.25, 0.3) is 0 Å². The van der Waals surface area contributed by atoms with Crippen LogP contribution >= 0.6 is 0 Å². The monoisotopic (exact) mass is 401 g/mol. The molecule has 2 aliphatic rings. The molecule has 2 aliphatic heterocycles. The van der Waals surface area contributed by atoms with Crippen LogP contribution in [0.1, 0.15) is 28.6 Å². The average Bonchev–Trinajstić information content (AvgIpc) is 3.43. The molecule has 3 atom stereocenters. The number of fused-ring (bicyclic) bond motifs is 1. The summed E-state index contributed by atoms with van der Waals surface area (Å²) in [6.07, 6.45) is 0.463. The minimum absolute atomic E-state index is 0.133. The van der Waals surface area contributed by atoms with Gasteiger partial charge in [0, 0.05) is 31.6 Å². The minimum Gasteiger partial charge on any atom is -0.360 e. The number of aryl methyl sites for hydroxylation is 1. The first kappa shape index (κ1) is 19.1. The molecule has 0 bridgehead atoms. The first-order chi connectivity index (χ1) is 14.7. The van der Waals surface area contributed by atoms with Crippen molar-refractivity contribution in [2.45, 2.75) is 25.9 Å². The largest absolute Gasteiger partial charge is 0.360 e.